The number of carbonyl (C=O) groups excluding carboxylic acids is 3. The van der Waals surface area contributed by atoms with E-state index in [1.165, 1.54) is 0 Å². The lowest BCUT2D eigenvalue weighted by atomic mass is 10.3. The van der Waals surface area contributed by atoms with Crippen LogP contribution in [0.25, 0.3) is 0 Å². The van der Waals surface area contributed by atoms with Crippen LogP contribution in [0.15, 0.2) is 24.3 Å². The van der Waals surface area contributed by atoms with Gasteiger partial charge in [0.1, 0.15) is 0 Å². The molecule has 3 amide bonds. The molecule has 148 valence electrons. The first kappa shape index (κ1) is 21.0. The van der Waals surface area contributed by atoms with Crippen LogP contribution in [0.4, 0.5) is 10.5 Å². The van der Waals surface area contributed by atoms with Gasteiger partial charge in [-0.1, -0.05) is 11.6 Å². The number of nitrogens with one attached hydrogen (secondary N) is 2. The Morgan fingerprint density at radius 3 is 2.26 bits per heavy atom. The molecule has 1 saturated heterocycles. The van der Waals surface area contributed by atoms with Gasteiger partial charge in [0.25, 0.3) is 11.8 Å². The molecule has 1 heterocycles. The van der Waals surface area contributed by atoms with Crippen molar-refractivity contribution in [3.63, 3.8) is 0 Å². The fourth-order valence-corrected chi connectivity index (χ4v) is 2.92. The first-order valence-corrected chi connectivity index (χ1v) is 9.33. The number of anilines is 1. The van der Waals surface area contributed by atoms with Gasteiger partial charge in [-0.3, -0.25) is 9.59 Å². The highest BCUT2D eigenvalue weighted by atomic mass is 35.5. The third kappa shape index (κ3) is 6.73. The van der Waals surface area contributed by atoms with Crippen molar-refractivity contribution in [2.45, 2.75) is 6.92 Å². The second kappa shape index (κ2) is 10.1. The first-order chi connectivity index (χ1) is 12.9. The summed E-state index contributed by atoms with van der Waals surface area (Å²) >= 11 is 5.82. The Hall–Kier alpha value is -2.32. The summed E-state index contributed by atoms with van der Waals surface area (Å²) in [5, 5.41) is 3.38. The average Bonchev–Trinajstić information content (AvgIpc) is 2.63. The number of hydrogen-bond acceptors (Lipinski definition) is 4. The number of amides is 3. The molecule has 0 aliphatic carbocycles. The zero-order chi connectivity index (χ0) is 19.8. The molecule has 1 aromatic rings. The van der Waals surface area contributed by atoms with E-state index in [2.05, 4.69) is 5.32 Å². The van der Waals surface area contributed by atoms with Crippen LogP contribution in [0.3, 0.4) is 0 Å². The normalized spacial score (nSPS) is 15.2. The Labute approximate surface area is 164 Å². The van der Waals surface area contributed by atoms with Gasteiger partial charge in [-0.05, 0) is 31.2 Å². The van der Waals surface area contributed by atoms with Gasteiger partial charge in [-0.25, -0.2) is 4.79 Å². The van der Waals surface area contributed by atoms with Gasteiger partial charge >= 0.3 is 6.09 Å². The minimum Gasteiger partial charge on any atom is -0.450 e. The Morgan fingerprint density at radius 1 is 1.07 bits per heavy atom. The van der Waals surface area contributed by atoms with Crippen LogP contribution < -0.4 is 10.2 Å². The minimum atomic E-state index is -0.341. The molecule has 1 aliphatic rings. The molecule has 0 radical (unpaired) electrons. The van der Waals surface area contributed by atoms with Crippen LogP contribution in [0.5, 0.6) is 0 Å². The molecule has 0 bridgehead atoms. The standard InChI is InChI=1S/C18H25ClN4O4/c1-3-27-18(26)23-10-8-22(9-11-23)17(25)13-21(2)12-16(24)20-15-6-4-14(19)5-7-15/h4-7H,3,8-13H2,1-2H3,(H,20,24)/p+1. The average molecular weight is 398 g/mol. The van der Waals surface area contributed by atoms with Gasteiger partial charge in [0.2, 0.25) is 0 Å². The van der Waals surface area contributed by atoms with E-state index in [1.54, 1.807) is 48.0 Å². The van der Waals surface area contributed by atoms with Crippen molar-refractivity contribution < 1.29 is 24.0 Å². The van der Waals surface area contributed by atoms with Crippen molar-refractivity contribution in [1.82, 2.24) is 9.80 Å². The molecule has 1 atom stereocenters. The maximum Gasteiger partial charge on any atom is 0.409 e. The molecule has 0 spiro atoms. The van der Waals surface area contributed by atoms with Crippen LogP contribution in [-0.4, -0.2) is 80.6 Å². The second-order valence-corrected chi connectivity index (χ2v) is 6.87. The van der Waals surface area contributed by atoms with Crippen molar-refractivity contribution in [3.8, 4) is 0 Å². The number of hydrogen-bond donors (Lipinski definition) is 2. The molecule has 0 aromatic heterocycles. The Balaban J connectivity index is 1.73. The molecular weight excluding hydrogens is 372 g/mol. The maximum absolute atomic E-state index is 12.4. The molecule has 1 fully saturated rings. The summed E-state index contributed by atoms with van der Waals surface area (Å²) in [5.41, 5.74) is 0.665. The summed E-state index contributed by atoms with van der Waals surface area (Å²) in [5.74, 6) is -0.204. The van der Waals surface area contributed by atoms with E-state index in [4.69, 9.17) is 16.3 Å². The molecule has 1 aliphatic heterocycles. The highest BCUT2D eigenvalue weighted by molar-refractivity contribution is 6.30. The first-order valence-electron chi connectivity index (χ1n) is 8.95. The summed E-state index contributed by atoms with van der Waals surface area (Å²) in [6, 6.07) is 6.86. The number of piperazine rings is 1. The monoisotopic (exact) mass is 397 g/mol. The van der Waals surface area contributed by atoms with Crippen molar-refractivity contribution in [3.05, 3.63) is 29.3 Å². The Bertz CT molecular complexity index is 660. The van der Waals surface area contributed by atoms with Crippen molar-refractivity contribution in [2.75, 3.05) is 58.2 Å². The molecule has 2 rings (SSSR count). The zero-order valence-electron chi connectivity index (χ0n) is 15.7. The van der Waals surface area contributed by atoms with Crippen LogP contribution >= 0.6 is 11.6 Å². The van der Waals surface area contributed by atoms with E-state index >= 15 is 0 Å². The third-order valence-electron chi connectivity index (χ3n) is 4.20. The van der Waals surface area contributed by atoms with Crippen LogP contribution in [-0.2, 0) is 14.3 Å². The topological polar surface area (TPSA) is 83.4 Å². The molecular formula is C18H26ClN4O4+. The lowest BCUT2D eigenvalue weighted by Crippen LogP contribution is -3.11. The van der Waals surface area contributed by atoms with Crippen LogP contribution in [0.1, 0.15) is 6.92 Å². The van der Waals surface area contributed by atoms with Crippen LogP contribution in [0, 0.1) is 0 Å². The van der Waals surface area contributed by atoms with Gasteiger partial charge in [0.05, 0.1) is 13.7 Å². The fourth-order valence-electron chi connectivity index (χ4n) is 2.80. The van der Waals surface area contributed by atoms with E-state index < -0.39 is 0 Å². The highest BCUT2D eigenvalue weighted by Crippen LogP contribution is 2.12. The SMILES string of the molecule is CCOC(=O)N1CCN(C(=O)C[NH+](C)CC(=O)Nc2ccc(Cl)cc2)CC1. The van der Waals surface area contributed by atoms with E-state index in [1.807, 2.05) is 0 Å². The molecule has 1 aromatic carbocycles. The summed E-state index contributed by atoms with van der Waals surface area (Å²) in [4.78, 5) is 40.3. The summed E-state index contributed by atoms with van der Waals surface area (Å²) in [7, 11) is 1.80. The van der Waals surface area contributed by atoms with E-state index in [-0.39, 0.29) is 31.0 Å². The van der Waals surface area contributed by atoms with Gasteiger partial charge in [0.15, 0.2) is 13.1 Å². The van der Waals surface area contributed by atoms with E-state index in [0.29, 0.717) is 43.5 Å². The third-order valence-corrected chi connectivity index (χ3v) is 4.45. The quantitative estimate of drug-likeness (QED) is 0.713. The number of likely N-dealkylation sites (N-methyl/N-ethyl adjacent to an activating group) is 1. The van der Waals surface area contributed by atoms with Crippen molar-refractivity contribution >= 4 is 35.2 Å². The fraction of sp³-hybridized carbons (Fsp3) is 0.500. The number of benzene rings is 1. The zero-order valence-corrected chi connectivity index (χ0v) is 16.4. The summed E-state index contributed by atoms with van der Waals surface area (Å²) < 4.78 is 4.97. The molecule has 0 saturated carbocycles. The summed E-state index contributed by atoms with van der Waals surface area (Å²) in [6.07, 6.45) is -0.341. The Morgan fingerprint density at radius 2 is 1.67 bits per heavy atom. The second-order valence-electron chi connectivity index (χ2n) is 6.43. The smallest absolute Gasteiger partial charge is 0.409 e. The summed E-state index contributed by atoms with van der Waals surface area (Å²) in [6.45, 7) is 4.36. The lowest BCUT2D eigenvalue weighted by Gasteiger charge is -2.34. The van der Waals surface area contributed by atoms with E-state index in [9.17, 15) is 14.4 Å². The van der Waals surface area contributed by atoms with Gasteiger partial charge in [-0.2, -0.15) is 0 Å². The Kier molecular flexibility index (Phi) is 7.87. The number of quaternary nitrogens is 1. The number of halogens is 1. The maximum atomic E-state index is 12.4. The van der Waals surface area contributed by atoms with Gasteiger partial charge in [0, 0.05) is 36.9 Å². The molecule has 8 nitrogen and oxygen atoms in total. The lowest BCUT2D eigenvalue weighted by molar-refractivity contribution is -0.862. The predicted molar refractivity (Wildman–Crippen MR) is 102 cm³/mol. The van der Waals surface area contributed by atoms with Gasteiger partial charge < -0.3 is 24.8 Å². The van der Waals surface area contributed by atoms with E-state index in [0.717, 1.165) is 4.90 Å². The number of carbonyl (C=O) groups is 3. The minimum absolute atomic E-state index is 0.0321. The van der Waals surface area contributed by atoms with Crippen LogP contribution in [0.2, 0.25) is 5.02 Å². The molecule has 1 unspecified atom stereocenters. The molecule has 2 N–H and O–H groups in total. The predicted octanol–water partition coefficient (Wildman–Crippen LogP) is 0.0939. The van der Waals surface area contributed by atoms with Gasteiger partial charge in [-0.15, -0.1) is 0 Å². The number of ether oxygens (including phenoxy) is 1. The number of nitrogens with zero attached hydrogens (tertiary/aromatic N) is 2. The largest absolute Gasteiger partial charge is 0.450 e. The number of rotatable bonds is 6. The van der Waals surface area contributed by atoms with Crippen molar-refractivity contribution in [2.24, 2.45) is 0 Å². The molecule has 27 heavy (non-hydrogen) atoms. The molecule has 9 heteroatoms. The highest BCUT2D eigenvalue weighted by Gasteiger charge is 2.26. The van der Waals surface area contributed by atoms with Crippen molar-refractivity contribution in [1.29, 1.82) is 0 Å².